The molecule has 3 atom stereocenters. The van der Waals surface area contributed by atoms with Crippen molar-refractivity contribution >= 4 is 11.9 Å². The number of hydrogen-bond donors (Lipinski definition) is 0. The van der Waals surface area contributed by atoms with Crippen LogP contribution in [-0.2, 0) is 14.3 Å². The summed E-state index contributed by atoms with van der Waals surface area (Å²) in [7, 11) is 0. The van der Waals surface area contributed by atoms with Crippen LogP contribution in [0.15, 0.2) is 0 Å². The van der Waals surface area contributed by atoms with Gasteiger partial charge in [0.15, 0.2) is 0 Å². The Hall–Kier alpha value is -1.06. The van der Waals surface area contributed by atoms with Gasteiger partial charge < -0.3 is 9.64 Å². The molecule has 2 fully saturated rings. The molecule has 2 rings (SSSR count). The Bertz CT molecular complexity index is 303. The highest BCUT2D eigenvalue weighted by Gasteiger charge is 2.48. The van der Waals surface area contributed by atoms with E-state index in [0.29, 0.717) is 18.6 Å². The van der Waals surface area contributed by atoms with Crippen LogP contribution in [0.1, 0.15) is 33.1 Å². The molecule has 16 heavy (non-hydrogen) atoms. The lowest BCUT2D eigenvalue weighted by atomic mass is 9.88. The van der Waals surface area contributed by atoms with E-state index in [9.17, 15) is 9.59 Å². The van der Waals surface area contributed by atoms with E-state index < -0.39 is 0 Å². The van der Waals surface area contributed by atoms with Gasteiger partial charge in [-0.25, -0.2) is 0 Å². The van der Waals surface area contributed by atoms with Crippen LogP contribution in [0.5, 0.6) is 0 Å². The zero-order valence-electron chi connectivity index (χ0n) is 9.94. The molecule has 2 aliphatic rings. The molecule has 0 radical (unpaired) electrons. The van der Waals surface area contributed by atoms with Gasteiger partial charge in [0.25, 0.3) is 0 Å². The lowest BCUT2D eigenvalue weighted by Crippen LogP contribution is -2.29. The van der Waals surface area contributed by atoms with Gasteiger partial charge in [-0.05, 0) is 25.7 Å². The number of ether oxygens (including phenoxy) is 1. The topological polar surface area (TPSA) is 46.6 Å². The van der Waals surface area contributed by atoms with Crippen molar-refractivity contribution in [1.82, 2.24) is 4.90 Å². The molecule has 0 aliphatic carbocycles. The molecule has 0 N–H and O–H groups in total. The molecule has 0 unspecified atom stereocenters. The predicted molar refractivity (Wildman–Crippen MR) is 58.6 cm³/mol. The third-order valence-electron chi connectivity index (χ3n) is 3.83. The quantitative estimate of drug-likeness (QED) is 0.678. The van der Waals surface area contributed by atoms with E-state index >= 15 is 0 Å². The fourth-order valence-corrected chi connectivity index (χ4v) is 2.99. The van der Waals surface area contributed by atoms with Crippen molar-refractivity contribution in [1.29, 1.82) is 0 Å². The number of hydrogen-bond acceptors (Lipinski definition) is 3. The molecule has 0 saturated carbocycles. The first kappa shape index (κ1) is 11.4. The van der Waals surface area contributed by atoms with Crippen LogP contribution >= 0.6 is 0 Å². The number of fused-ring (bicyclic) bond motifs is 1. The average Bonchev–Trinajstić information content (AvgIpc) is 2.79. The summed E-state index contributed by atoms with van der Waals surface area (Å²) in [4.78, 5) is 25.4. The largest absolute Gasteiger partial charge is 0.466 e. The van der Waals surface area contributed by atoms with Crippen molar-refractivity contribution in [2.45, 2.75) is 39.2 Å². The smallest absolute Gasteiger partial charge is 0.306 e. The Balaban J connectivity index is 2.00. The predicted octanol–water partition coefficient (Wildman–Crippen LogP) is 1.20. The molecule has 0 bridgehead atoms. The molecule has 2 heterocycles. The van der Waals surface area contributed by atoms with Crippen molar-refractivity contribution in [3.63, 3.8) is 0 Å². The van der Waals surface area contributed by atoms with Gasteiger partial charge in [-0.2, -0.15) is 0 Å². The van der Waals surface area contributed by atoms with Gasteiger partial charge in [-0.3, -0.25) is 9.59 Å². The van der Waals surface area contributed by atoms with Crippen LogP contribution in [0, 0.1) is 11.8 Å². The van der Waals surface area contributed by atoms with E-state index in [-0.39, 0.29) is 24.2 Å². The third kappa shape index (κ3) is 1.81. The zero-order valence-corrected chi connectivity index (χ0v) is 9.94. The number of carbonyl (C=O) groups is 2. The molecule has 4 nitrogen and oxygen atoms in total. The van der Waals surface area contributed by atoms with Crippen LogP contribution in [0.3, 0.4) is 0 Å². The van der Waals surface area contributed by atoms with Crippen molar-refractivity contribution < 1.29 is 14.3 Å². The fraction of sp³-hybridized carbons (Fsp3) is 0.833. The van der Waals surface area contributed by atoms with E-state index in [1.807, 2.05) is 4.90 Å². The number of esters is 1. The van der Waals surface area contributed by atoms with Crippen LogP contribution in [0.2, 0.25) is 0 Å². The Labute approximate surface area is 95.9 Å². The third-order valence-corrected chi connectivity index (χ3v) is 3.83. The Morgan fingerprint density at radius 3 is 2.94 bits per heavy atom. The van der Waals surface area contributed by atoms with Crippen molar-refractivity contribution in [2.75, 3.05) is 13.2 Å². The summed E-state index contributed by atoms with van der Waals surface area (Å²) in [6.45, 7) is 5.13. The first-order valence-electron chi connectivity index (χ1n) is 6.11. The summed E-state index contributed by atoms with van der Waals surface area (Å²) in [6, 6.07) is 0.368. The number of carbonyl (C=O) groups excluding carboxylic acids is 2. The molecule has 0 spiro atoms. The highest BCUT2D eigenvalue weighted by molar-refractivity contribution is 5.86. The van der Waals surface area contributed by atoms with E-state index in [1.54, 1.807) is 6.92 Å². The van der Waals surface area contributed by atoms with Gasteiger partial charge in [0.1, 0.15) is 0 Å². The molecule has 0 aromatic rings. The SMILES string of the molecule is CCOC(=O)C[C@H]1C(=O)N2CCC[C@H]2[C@@H]1C. The summed E-state index contributed by atoms with van der Waals surface area (Å²) in [6.07, 6.45) is 2.44. The number of rotatable bonds is 3. The minimum absolute atomic E-state index is 0.149. The van der Waals surface area contributed by atoms with Crippen LogP contribution in [-0.4, -0.2) is 36.0 Å². The molecular formula is C12H19NO3. The summed E-state index contributed by atoms with van der Waals surface area (Å²) >= 11 is 0. The van der Waals surface area contributed by atoms with Gasteiger partial charge in [-0.1, -0.05) is 6.92 Å². The summed E-state index contributed by atoms with van der Waals surface area (Å²) in [5.41, 5.74) is 0. The molecular weight excluding hydrogens is 206 g/mol. The minimum Gasteiger partial charge on any atom is -0.466 e. The van der Waals surface area contributed by atoms with Crippen molar-refractivity contribution in [3.05, 3.63) is 0 Å². The van der Waals surface area contributed by atoms with Crippen molar-refractivity contribution in [3.8, 4) is 0 Å². The molecule has 90 valence electrons. The second kappa shape index (κ2) is 4.44. The van der Waals surface area contributed by atoms with E-state index in [4.69, 9.17) is 4.74 Å². The number of nitrogens with zero attached hydrogens (tertiary/aromatic N) is 1. The molecule has 0 aromatic heterocycles. The van der Waals surface area contributed by atoms with Crippen LogP contribution in [0.4, 0.5) is 0 Å². The van der Waals surface area contributed by atoms with Gasteiger partial charge in [0, 0.05) is 12.6 Å². The highest BCUT2D eigenvalue weighted by atomic mass is 16.5. The maximum atomic E-state index is 12.1. The second-order valence-electron chi connectivity index (χ2n) is 4.72. The summed E-state index contributed by atoms with van der Waals surface area (Å²) < 4.78 is 4.91. The van der Waals surface area contributed by atoms with E-state index in [0.717, 1.165) is 19.4 Å². The Morgan fingerprint density at radius 2 is 2.31 bits per heavy atom. The van der Waals surface area contributed by atoms with Crippen LogP contribution in [0.25, 0.3) is 0 Å². The molecule has 2 saturated heterocycles. The molecule has 2 aliphatic heterocycles. The molecule has 4 heteroatoms. The standard InChI is InChI=1S/C12H19NO3/c1-3-16-11(14)7-9-8(2)10-5-4-6-13(10)12(9)15/h8-10H,3-7H2,1-2H3/t8-,9-,10+/m1/s1. The first-order chi connectivity index (χ1) is 7.65. The van der Waals surface area contributed by atoms with Gasteiger partial charge in [-0.15, -0.1) is 0 Å². The lowest BCUT2D eigenvalue weighted by molar-refractivity contribution is -0.147. The zero-order chi connectivity index (χ0) is 11.7. The lowest BCUT2D eigenvalue weighted by Gasteiger charge is -2.16. The highest BCUT2D eigenvalue weighted by Crippen LogP contribution is 2.38. The normalized spacial score (nSPS) is 33.0. The van der Waals surface area contributed by atoms with Gasteiger partial charge in [0.2, 0.25) is 5.91 Å². The fourth-order valence-electron chi connectivity index (χ4n) is 2.99. The maximum Gasteiger partial charge on any atom is 0.306 e. The second-order valence-corrected chi connectivity index (χ2v) is 4.72. The Kier molecular flexibility index (Phi) is 3.17. The maximum absolute atomic E-state index is 12.1. The van der Waals surface area contributed by atoms with Gasteiger partial charge >= 0.3 is 5.97 Å². The minimum atomic E-state index is -0.242. The molecule has 0 aromatic carbocycles. The Morgan fingerprint density at radius 1 is 1.56 bits per heavy atom. The summed E-state index contributed by atoms with van der Waals surface area (Å²) in [5.74, 6) is 0.0562. The average molecular weight is 225 g/mol. The first-order valence-corrected chi connectivity index (χ1v) is 6.11. The molecule has 1 amide bonds. The monoisotopic (exact) mass is 225 g/mol. The van der Waals surface area contributed by atoms with E-state index in [1.165, 1.54) is 0 Å². The summed E-state index contributed by atoms with van der Waals surface area (Å²) in [5, 5.41) is 0. The van der Waals surface area contributed by atoms with Gasteiger partial charge in [0.05, 0.1) is 18.9 Å². The number of amides is 1. The van der Waals surface area contributed by atoms with Crippen molar-refractivity contribution in [2.24, 2.45) is 11.8 Å². The van der Waals surface area contributed by atoms with E-state index in [2.05, 4.69) is 6.92 Å². The van der Waals surface area contributed by atoms with Crippen LogP contribution < -0.4 is 0 Å².